The number of ether oxygens (including phenoxy) is 1. The molecule has 6 heteroatoms. The van der Waals surface area contributed by atoms with E-state index in [1.807, 2.05) is 6.07 Å². The SMILES string of the molecule is NC(=O)c1ccc2c(c1O)C13CCCC[C@@]1(O)[C@@H](C2)N(CC1CCCO1)CC3. The summed E-state index contributed by atoms with van der Waals surface area (Å²) < 4.78 is 5.88. The molecular formula is C22H30N2O4. The lowest BCUT2D eigenvalue weighted by molar-refractivity contribution is -0.170. The van der Waals surface area contributed by atoms with E-state index in [1.54, 1.807) is 6.07 Å². The molecule has 1 amide bonds. The lowest BCUT2D eigenvalue weighted by atomic mass is 9.49. The van der Waals surface area contributed by atoms with Crippen molar-refractivity contribution in [3.8, 4) is 5.75 Å². The number of benzene rings is 1. The maximum atomic E-state index is 12.1. The van der Waals surface area contributed by atoms with Crippen molar-refractivity contribution in [3.63, 3.8) is 0 Å². The number of aromatic hydroxyl groups is 1. The first kappa shape index (κ1) is 18.4. The second-order valence-corrected chi connectivity index (χ2v) is 9.17. The van der Waals surface area contributed by atoms with Crippen molar-refractivity contribution in [1.82, 2.24) is 4.90 Å². The summed E-state index contributed by atoms with van der Waals surface area (Å²) in [6, 6.07) is 3.60. The smallest absolute Gasteiger partial charge is 0.252 e. The number of nitrogens with two attached hydrogens (primary N) is 1. The van der Waals surface area contributed by atoms with Gasteiger partial charge >= 0.3 is 0 Å². The van der Waals surface area contributed by atoms with Crippen LogP contribution in [-0.4, -0.2) is 58.5 Å². The summed E-state index contributed by atoms with van der Waals surface area (Å²) in [5.41, 5.74) is 6.13. The largest absolute Gasteiger partial charge is 0.507 e. The number of piperidine rings is 1. The molecule has 1 aromatic rings. The third kappa shape index (κ3) is 2.41. The fourth-order valence-electron chi connectivity index (χ4n) is 6.67. The number of likely N-dealkylation sites (tertiary alicyclic amines) is 1. The van der Waals surface area contributed by atoms with E-state index in [-0.39, 0.29) is 23.5 Å². The van der Waals surface area contributed by atoms with E-state index in [0.29, 0.717) is 6.42 Å². The molecule has 2 aliphatic heterocycles. The summed E-state index contributed by atoms with van der Waals surface area (Å²) in [5.74, 6) is -0.620. The van der Waals surface area contributed by atoms with Crippen LogP contribution in [0.15, 0.2) is 12.1 Å². The van der Waals surface area contributed by atoms with Crippen LogP contribution in [0.4, 0.5) is 0 Å². The van der Waals surface area contributed by atoms with Crippen LogP contribution >= 0.6 is 0 Å². The molecule has 1 aromatic carbocycles. The summed E-state index contributed by atoms with van der Waals surface area (Å²) in [4.78, 5) is 14.3. The van der Waals surface area contributed by atoms with Crippen LogP contribution in [0, 0.1) is 0 Å². The quantitative estimate of drug-likeness (QED) is 0.737. The fourth-order valence-corrected chi connectivity index (χ4v) is 6.67. The highest BCUT2D eigenvalue weighted by Gasteiger charge is 2.64. The van der Waals surface area contributed by atoms with E-state index in [1.165, 1.54) is 0 Å². The van der Waals surface area contributed by atoms with Gasteiger partial charge in [-0.3, -0.25) is 9.69 Å². The minimum atomic E-state index is -0.886. The second kappa shape index (κ2) is 6.44. The van der Waals surface area contributed by atoms with E-state index in [4.69, 9.17) is 10.5 Å². The Balaban J connectivity index is 1.61. The van der Waals surface area contributed by atoms with E-state index in [0.717, 1.165) is 75.8 Å². The standard InChI is InChI=1S/C22H30N2O4/c23-20(26)16-6-5-14-12-17-22(27)8-2-1-7-21(22,18(14)19(16)25)9-10-24(17)13-15-4-3-11-28-15/h5-6,15,17,25,27H,1-4,7-13H2,(H2,23,26)/t15?,17-,21?,22-/m1/s1. The van der Waals surface area contributed by atoms with Crippen LogP contribution in [-0.2, 0) is 16.6 Å². The second-order valence-electron chi connectivity index (χ2n) is 9.17. The Morgan fingerprint density at radius 1 is 1.25 bits per heavy atom. The molecule has 0 spiro atoms. The zero-order chi connectivity index (χ0) is 19.5. The molecule has 5 rings (SSSR count). The maximum Gasteiger partial charge on any atom is 0.252 e. The molecule has 4 N–H and O–H groups in total. The monoisotopic (exact) mass is 386 g/mol. The molecule has 152 valence electrons. The molecular weight excluding hydrogens is 356 g/mol. The fraction of sp³-hybridized carbons (Fsp3) is 0.682. The Labute approximate surface area is 165 Å². The Hall–Kier alpha value is -1.63. The highest BCUT2D eigenvalue weighted by atomic mass is 16.5. The van der Waals surface area contributed by atoms with Crippen LogP contribution in [0.2, 0.25) is 0 Å². The molecule has 2 heterocycles. The highest BCUT2D eigenvalue weighted by molar-refractivity contribution is 5.96. The summed E-state index contributed by atoms with van der Waals surface area (Å²) in [6.07, 6.45) is 7.54. The van der Waals surface area contributed by atoms with E-state index in [2.05, 4.69) is 4.90 Å². The summed E-state index contributed by atoms with van der Waals surface area (Å²) in [6.45, 7) is 2.58. The van der Waals surface area contributed by atoms with Crippen molar-refractivity contribution in [2.24, 2.45) is 5.73 Å². The average molecular weight is 386 g/mol. The highest BCUT2D eigenvalue weighted by Crippen LogP contribution is 2.60. The Morgan fingerprint density at radius 2 is 2.07 bits per heavy atom. The van der Waals surface area contributed by atoms with E-state index >= 15 is 0 Å². The Bertz CT molecular complexity index is 806. The molecule has 2 aliphatic carbocycles. The topological polar surface area (TPSA) is 96.0 Å². The van der Waals surface area contributed by atoms with Crippen molar-refractivity contribution in [1.29, 1.82) is 0 Å². The lowest BCUT2D eigenvalue weighted by Gasteiger charge is -2.64. The predicted molar refractivity (Wildman–Crippen MR) is 104 cm³/mol. The normalized spacial score (nSPS) is 37.3. The molecule has 3 fully saturated rings. The Morgan fingerprint density at radius 3 is 2.82 bits per heavy atom. The van der Waals surface area contributed by atoms with E-state index < -0.39 is 16.9 Å². The van der Waals surface area contributed by atoms with Gasteiger partial charge in [0, 0.05) is 30.2 Å². The number of hydrogen-bond acceptors (Lipinski definition) is 5. The van der Waals surface area contributed by atoms with Crippen molar-refractivity contribution in [3.05, 3.63) is 28.8 Å². The summed E-state index contributed by atoms with van der Waals surface area (Å²) in [5, 5.41) is 23.1. The first-order valence-corrected chi connectivity index (χ1v) is 10.7. The van der Waals surface area contributed by atoms with Crippen molar-refractivity contribution < 1.29 is 19.7 Å². The van der Waals surface area contributed by atoms with Gasteiger partial charge < -0.3 is 20.7 Å². The molecule has 2 saturated heterocycles. The number of primary amides is 1. The first-order chi connectivity index (χ1) is 13.5. The minimum Gasteiger partial charge on any atom is -0.507 e. The summed E-state index contributed by atoms with van der Waals surface area (Å²) >= 11 is 0. The van der Waals surface area contributed by atoms with Crippen LogP contribution in [0.3, 0.4) is 0 Å². The van der Waals surface area contributed by atoms with Gasteiger partial charge in [-0.25, -0.2) is 0 Å². The number of phenols is 1. The van der Waals surface area contributed by atoms with E-state index in [9.17, 15) is 15.0 Å². The maximum absolute atomic E-state index is 12.1. The van der Waals surface area contributed by atoms with Gasteiger partial charge in [-0.05, 0) is 56.7 Å². The number of aliphatic hydroxyl groups is 1. The Kier molecular flexibility index (Phi) is 4.23. The van der Waals surface area contributed by atoms with Crippen LogP contribution < -0.4 is 5.73 Å². The number of fused-ring (bicyclic) bond motifs is 1. The van der Waals surface area contributed by atoms with Crippen molar-refractivity contribution in [2.45, 2.75) is 74.5 Å². The predicted octanol–water partition coefficient (Wildman–Crippen LogP) is 1.84. The van der Waals surface area contributed by atoms with Crippen LogP contribution in [0.5, 0.6) is 5.75 Å². The number of amides is 1. The minimum absolute atomic E-state index is 0.00338. The molecule has 0 radical (unpaired) electrons. The van der Waals surface area contributed by atoms with Gasteiger partial charge in [0.15, 0.2) is 0 Å². The molecule has 2 bridgehead atoms. The van der Waals surface area contributed by atoms with Gasteiger partial charge in [-0.2, -0.15) is 0 Å². The zero-order valence-electron chi connectivity index (χ0n) is 16.3. The van der Waals surface area contributed by atoms with Gasteiger partial charge in [-0.1, -0.05) is 18.9 Å². The molecule has 28 heavy (non-hydrogen) atoms. The number of rotatable bonds is 3. The third-order valence-electron chi connectivity index (χ3n) is 7.94. The first-order valence-electron chi connectivity index (χ1n) is 10.7. The van der Waals surface area contributed by atoms with Gasteiger partial charge in [0.2, 0.25) is 0 Å². The van der Waals surface area contributed by atoms with Crippen molar-refractivity contribution in [2.75, 3.05) is 19.7 Å². The van der Waals surface area contributed by atoms with Crippen molar-refractivity contribution >= 4 is 5.91 Å². The van der Waals surface area contributed by atoms with Gasteiger partial charge in [-0.15, -0.1) is 0 Å². The van der Waals surface area contributed by atoms with Crippen LogP contribution in [0.25, 0.3) is 0 Å². The molecule has 2 unspecified atom stereocenters. The molecule has 1 saturated carbocycles. The molecule has 4 aliphatic rings. The molecule has 0 aromatic heterocycles. The number of carbonyl (C=O) groups excluding carboxylic acids is 1. The third-order valence-corrected chi connectivity index (χ3v) is 7.94. The number of nitrogens with zero attached hydrogens (tertiary/aromatic N) is 1. The number of hydrogen-bond donors (Lipinski definition) is 3. The zero-order valence-corrected chi connectivity index (χ0v) is 16.3. The summed E-state index contributed by atoms with van der Waals surface area (Å²) in [7, 11) is 0. The average Bonchev–Trinajstić information content (AvgIpc) is 3.16. The molecule has 4 atom stereocenters. The van der Waals surface area contributed by atoms with Gasteiger partial charge in [0.25, 0.3) is 5.91 Å². The van der Waals surface area contributed by atoms with Crippen LogP contribution in [0.1, 0.15) is 66.4 Å². The lowest BCUT2D eigenvalue weighted by Crippen LogP contribution is -2.72. The number of carbonyl (C=O) groups is 1. The molecule has 6 nitrogen and oxygen atoms in total. The van der Waals surface area contributed by atoms with Gasteiger partial charge in [0.05, 0.1) is 17.3 Å². The van der Waals surface area contributed by atoms with Gasteiger partial charge in [0.1, 0.15) is 5.75 Å².